The molecule has 0 amide bonds. The van der Waals surface area contributed by atoms with Crippen molar-refractivity contribution in [1.82, 2.24) is 9.81 Å². The standard InChI is InChI=1S/C18H20Cl2N4O2/c1-13(2)16-11-15(9-10-17(16)25-3)26-23-18(19,21-22-24(23)20)12-14-7-5-4-6-8-14/h4-11,13H,12H2,1-3H3. The van der Waals surface area contributed by atoms with Crippen molar-refractivity contribution in [2.24, 2.45) is 10.3 Å². The van der Waals surface area contributed by atoms with Crippen molar-refractivity contribution in [3.63, 3.8) is 0 Å². The monoisotopic (exact) mass is 394 g/mol. The molecular weight excluding hydrogens is 375 g/mol. The maximum atomic E-state index is 6.67. The fourth-order valence-electron chi connectivity index (χ4n) is 2.69. The van der Waals surface area contributed by atoms with Crippen LogP contribution in [0.1, 0.15) is 30.9 Å². The Bertz CT molecular complexity index is 788. The SMILES string of the molecule is COc1ccc(ON2N(Cl)N=NC2(Cl)Cc2ccccc2)cc1C(C)C. The van der Waals surface area contributed by atoms with E-state index in [2.05, 4.69) is 24.2 Å². The van der Waals surface area contributed by atoms with Crippen molar-refractivity contribution in [3.8, 4) is 11.5 Å². The van der Waals surface area contributed by atoms with Gasteiger partial charge in [-0.15, -0.1) is 5.11 Å². The molecule has 0 N–H and O–H groups in total. The third-order valence-electron chi connectivity index (χ3n) is 4.00. The highest BCUT2D eigenvalue weighted by Gasteiger charge is 2.46. The summed E-state index contributed by atoms with van der Waals surface area (Å²) in [6.45, 7) is 4.16. The summed E-state index contributed by atoms with van der Waals surface area (Å²) in [7, 11) is 1.64. The van der Waals surface area contributed by atoms with Crippen LogP contribution in [0.2, 0.25) is 0 Å². The fourth-order valence-corrected chi connectivity index (χ4v) is 3.21. The van der Waals surface area contributed by atoms with E-state index in [1.54, 1.807) is 13.2 Å². The molecule has 3 rings (SSSR count). The highest BCUT2D eigenvalue weighted by Crippen LogP contribution is 2.38. The molecule has 0 spiro atoms. The first-order valence-electron chi connectivity index (χ1n) is 8.20. The Morgan fingerprint density at radius 1 is 1.15 bits per heavy atom. The van der Waals surface area contributed by atoms with Gasteiger partial charge in [0.05, 0.1) is 18.9 Å². The molecule has 2 aromatic rings. The van der Waals surface area contributed by atoms with Crippen LogP contribution in [0.5, 0.6) is 11.5 Å². The molecule has 2 aromatic carbocycles. The van der Waals surface area contributed by atoms with Gasteiger partial charge >= 0.3 is 0 Å². The van der Waals surface area contributed by atoms with Gasteiger partial charge in [-0.25, -0.2) is 0 Å². The van der Waals surface area contributed by atoms with Crippen LogP contribution in [0.4, 0.5) is 0 Å². The fraction of sp³-hybridized carbons (Fsp3) is 0.333. The molecule has 1 aliphatic heterocycles. The molecule has 0 fully saturated rings. The summed E-state index contributed by atoms with van der Waals surface area (Å²) in [5, 5.41) is 7.86. The van der Waals surface area contributed by atoms with E-state index in [0.717, 1.165) is 21.5 Å². The molecule has 138 valence electrons. The number of alkyl halides is 1. The minimum Gasteiger partial charge on any atom is -0.496 e. The van der Waals surface area contributed by atoms with Crippen LogP contribution < -0.4 is 9.57 Å². The molecule has 1 heterocycles. The molecule has 1 unspecified atom stereocenters. The van der Waals surface area contributed by atoms with Crippen LogP contribution in [0, 0.1) is 0 Å². The third-order valence-corrected chi connectivity index (χ3v) is 4.56. The van der Waals surface area contributed by atoms with Crippen LogP contribution in [0.15, 0.2) is 58.9 Å². The van der Waals surface area contributed by atoms with Gasteiger partial charge in [-0.3, -0.25) is 0 Å². The highest BCUT2D eigenvalue weighted by atomic mass is 35.5. The number of benzene rings is 2. The Kier molecular flexibility index (Phi) is 5.55. The summed E-state index contributed by atoms with van der Waals surface area (Å²) in [6.07, 6.45) is 0.370. The summed E-state index contributed by atoms with van der Waals surface area (Å²) < 4.78 is 6.37. The lowest BCUT2D eigenvalue weighted by molar-refractivity contribution is -0.195. The maximum absolute atomic E-state index is 6.67. The van der Waals surface area contributed by atoms with Crippen molar-refractivity contribution < 1.29 is 9.57 Å². The molecule has 1 atom stereocenters. The molecular formula is C18H20Cl2N4O2. The van der Waals surface area contributed by atoms with Gasteiger partial charge in [-0.05, 0) is 34.9 Å². The molecule has 0 aliphatic carbocycles. The zero-order valence-electron chi connectivity index (χ0n) is 14.8. The van der Waals surface area contributed by atoms with E-state index in [1.165, 1.54) is 5.17 Å². The largest absolute Gasteiger partial charge is 0.496 e. The maximum Gasteiger partial charge on any atom is 0.269 e. The number of ether oxygens (including phenoxy) is 1. The Hall–Kier alpha value is -2.02. The van der Waals surface area contributed by atoms with Gasteiger partial charge in [0, 0.05) is 17.2 Å². The number of hydrogen-bond donors (Lipinski definition) is 0. The number of hydrogen-bond acceptors (Lipinski definition) is 6. The second-order valence-electron chi connectivity index (χ2n) is 6.23. The summed E-state index contributed by atoms with van der Waals surface area (Å²) in [5.74, 6) is 1.62. The smallest absolute Gasteiger partial charge is 0.269 e. The second kappa shape index (κ2) is 7.70. The minimum absolute atomic E-state index is 0.263. The average Bonchev–Trinajstić information content (AvgIpc) is 2.90. The summed E-state index contributed by atoms with van der Waals surface area (Å²) in [6, 6.07) is 15.2. The third kappa shape index (κ3) is 3.87. The van der Waals surface area contributed by atoms with Crippen LogP contribution in [-0.2, 0) is 6.42 Å². The van der Waals surface area contributed by atoms with E-state index in [9.17, 15) is 0 Å². The first-order valence-corrected chi connectivity index (χ1v) is 8.92. The van der Waals surface area contributed by atoms with Gasteiger partial charge in [-0.2, -0.15) is 0 Å². The lowest BCUT2D eigenvalue weighted by Crippen LogP contribution is -2.47. The Morgan fingerprint density at radius 2 is 1.88 bits per heavy atom. The van der Waals surface area contributed by atoms with Crippen LogP contribution in [0.3, 0.4) is 0 Å². The molecule has 8 heteroatoms. The van der Waals surface area contributed by atoms with Crippen molar-refractivity contribution in [1.29, 1.82) is 0 Å². The number of hydroxylamine groups is 1. The number of hydrazine groups is 1. The van der Waals surface area contributed by atoms with Gasteiger partial charge in [0.1, 0.15) is 5.75 Å². The van der Waals surface area contributed by atoms with Crippen LogP contribution in [0.25, 0.3) is 0 Å². The number of methoxy groups -OCH3 is 1. The van der Waals surface area contributed by atoms with Gasteiger partial charge in [0.2, 0.25) is 0 Å². The Balaban J connectivity index is 1.84. The molecule has 26 heavy (non-hydrogen) atoms. The van der Waals surface area contributed by atoms with Crippen molar-refractivity contribution >= 4 is 23.4 Å². The minimum atomic E-state index is -1.28. The number of halogens is 2. The molecule has 0 saturated carbocycles. The highest BCUT2D eigenvalue weighted by molar-refractivity contribution is 6.24. The van der Waals surface area contributed by atoms with E-state index in [4.69, 9.17) is 33.0 Å². The quantitative estimate of drug-likeness (QED) is 0.378. The molecule has 0 bridgehead atoms. The molecule has 0 radical (unpaired) electrons. The number of nitrogens with zero attached hydrogens (tertiary/aromatic N) is 4. The van der Waals surface area contributed by atoms with Gasteiger partial charge in [0.25, 0.3) is 5.12 Å². The summed E-state index contributed by atoms with van der Waals surface area (Å²) in [5.41, 5.74) is 2.00. The lowest BCUT2D eigenvalue weighted by Gasteiger charge is -2.29. The normalized spacial score (nSPS) is 20.0. The van der Waals surface area contributed by atoms with E-state index >= 15 is 0 Å². The summed E-state index contributed by atoms with van der Waals surface area (Å²) >= 11 is 12.8. The topological polar surface area (TPSA) is 49.7 Å². The second-order valence-corrected chi connectivity index (χ2v) is 7.14. The van der Waals surface area contributed by atoms with Gasteiger partial charge < -0.3 is 9.57 Å². The van der Waals surface area contributed by atoms with E-state index < -0.39 is 5.12 Å². The van der Waals surface area contributed by atoms with E-state index in [-0.39, 0.29) is 5.92 Å². The zero-order valence-corrected chi connectivity index (χ0v) is 16.3. The van der Waals surface area contributed by atoms with Crippen molar-refractivity contribution in [2.75, 3.05) is 7.11 Å². The van der Waals surface area contributed by atoms with Gasteiger partial charge in [-0.1, -0.05) is 60.4 Å². The predicted molar refractivity (Wildman–Crippen MR) is 101 cm³/mol. The van der Waals surface area contributed by atoms with Crippen LogP contribution in [-0.4, -0.2) is 22.0 Å². The Labute approximate surface area is 162 Å². The van der Waals surface area contributed by atoms with E-state index in [0.29, 0.717) is 12.2 Å². The van der Waals surface area contributed by atoms with Gasteiger partial charge in [0.15, 0.2) is 5.75 Å². The Morgan fingerprint density at radius 3 is 2.54 bits per heavy atom. The molecule has 1 aliphatic rings. The predicted octanol–water partition coefficient (Wildman–Crippen LogP) is 5.30. The van der Waals surface area contributed by atoms with Crippen LogP contribution >= 0.6 is 23.4 Å². The molecule has 0 aromatic heterocycles. The first kappa shape index (κ1) is 18.8. The zero-order chi connectivity index (χ0) is 18.7. The molecule has 6 nitrogen and oxygen atoms in total. The van der Waals surface area contributed by atoms with Crippen molar-refractivity contribution in [3.05, 3.63) is 59.7 Å². The summed E-state index contributed by atoms with van der Waals surface area (Å²) in [4.78, 5) is 5.92. The van der Waals surface area contributed by atoms with E-state index in [1.807, 2.05) is 42.5 Å². The first-order chi connectivity index (χ1) is 12.4. The average molecular weight is 395 g/mol. The number of rotatable bonds is 6. The van der Waals surface area contributed by atoms with Crippen molar-refractivity contribution in [2.45, 2.75) is 31.3 Å². The molecule has 0 saturated heterocycles. The lowest BCUT2D eigenvalue weighted by atomic mass is 10.0.